The Morgan fingerprint density at radius 1 is 1.29 bits per heavy atom. The van der Waals surface area contributed by atoms with Gasteiger partial charge in [-0.1, -0.05) is 18.5 Å². The minimum absolute atomic E-state index is 0.0210. The van der Waals surface area contributed by atoms with Gasteiger partial charge in [0, 0.05) is 18.7 Å². The molecule has 1 N–H and O–H groups in total. The van der Waals surface area contributed by atoms with Gasteiger partial charge in [-0.05, 0) is 37.2 Å². The Kier molecular flexibility index (Phi) is 7.01. The van der Waals surface area contributed by atoms with Crippen molar-refractivity contribution in [2.45, 2.75) is 19.4 Å². The van der Waals surface area contributed by atoms with E-state index in [2.05, 4.69) is 12.2 Å². The van der Waals surface area contributed by atoms with Gasteiger partial charge in [0.25, 0.3) is 0 Å². The molecule has 0 aliphatic heterocycles. The second-order valence-corrected chi connectivity index (χ2v) is 4.29. The molecule has 4 heteroatoms. The third-order valence-electron chi connectivity index (χ3n) is 2.27. The Balaban J connectivity index is 2.44. The summed E-state index contributed by atoms with van der Waals surface area (Å²) in [5, 5.41) is 4.03. The number of benzene rings is 1. The summed E-state index contributed by atoms with van der Waals surface area (Å²) in [6.45, 7) is 4.48. The fourth-order valence-electron chi connectivity index (χ4n) is 1.47. The molecule has 0 aliphatic carbocycles. The summed E-state index contributed by atoms with van der Waals surface area (Å²) in [6.07, 6.45) is 1.13. The minimum Gasteiger partial charge on any atom is -0.487 e. The summed E-state index contributed by atoms with van der Waals surface area (Å²) in [7, 11) is 1.68. The second kappa shape index (κ2) is 8.34. The number of rotatable bonds is 8. The van der Waals surface area contributed by atoms with Crippen LogP contribution in [0.25, 0.3) is 0 Å². The predicted octanol–water partition coefficient (Wildman–Crippen LogP) is 2.73. The zero-order valence-corrected chi connectivity index (χ0v) is 11.2. The quantitative estimate of drug-likeness (QED) is 0.727. The molecule has 1 rings (SSSR count). The first-order valence-corrected chi connectivity index (χ1v) is 6.26. The van der Waals surface area contributed by atoms with Crippen molar-refractivity contribution < 1.29 is 9.47 Å². The first-order valence-electron chi connectivity index (χ1n) is 5.88. The highest BCUT2D eigenvalue weighted by atomic mass is 35.5. The van der Waals surface area contributed by atoms with Gasteiger partial charge in [0.15, 0.2) is 0 Å². The number of nitrogens with one attached hydrogen (secondary N) is 1. The van der Waals surface area contributed by atoms with Gasteiger partial charge in [-0.2, -0.15) is 0 Å². The minimum atomic E-state index is 0.0210. The first kappa shape index (κ1) is 14.3. The van der Waals surface area contributed by atoms with E-state index in [1.54, 1.807) is 7.11 Å². The van der Waals surface area contributed by atoms with Crippen LogP contribution in [0.4, 0.5) is 0 Å². The van der Waals surface area contributed by atoms with Gasteiger partial charge in [0.05, 0.1) is 6.61 Å². The van der Waals surface area contributed by atoms with E-state index >= 15 is 0 Å². The molecule has 0 fully saturated rings. The van der Waals surface area contributed by atoms with Crippen LogP contribution in [0.15, 0.2) is 24.3 Å². The Morgan fingerprint density at radius 3 is 2.59 bits per heavy atom. The van der Waals surface area contributed by atoms with Crippen molar-refractivity contribution in [1.29, 1.82) is 0 Å². The number of ether oxygens (including phenoxy) is 2. The van der Waals surface area contributed by atoms with Crippen molar-refractivity contribution in [1.82, 2.24) is 5.32 Å². The van der Waals surface area contributed by atoms with E-state index < -0.39 is 0 Å². The van der Waals surface area contributed by atoms with E-state index in [0.29, 0.717) is 11.6 Å². The van der Waals surface area contributed by atoms with E-state index in [4.69, 9.17) is 21.1 Å². The number of hydrogen-bond donors (Lipinski definition) is 1. The molecule has 1 atom stereocenters. The zero-order valence-electron chi connectivity index (χ0n) is 10.4. The first-order chi connectivity index (χ1) is 8.26. The molecule has 0 aromatic heterocycles. The van der Waals surface area contributed by atoms with E-state index in [1.807, 2.05) is 24.3 Å². The molecular formula is C13H20ClNO2. The molecule has 0 radical (unpaired) electrons. The van der Waals surface area contributed by atoms with Gasteiger partial charge in [0.1, 0.15) is 11.9 Å². The molecule has 0 heterocycles. The summed E-state index contributed by atoms with van der Waals surface area (Å²) in [5.74, 6) is 0.815. The SMILES string of the molecule is CCCNCC(COC)Oc1ccc(Cl)cc1. The lowest BCUT2D eigenvalue weighted by Crippen LogP contribution is -2.35. The molecule has 1 unspecified atom stereocenters. The Labute approximate surface area is 108 Å². The monoisotopic (exact) mass is 257 g/mol. The standard InChI is InChI=1S/C13H20ClNO2/c1-3-8-15-9-13(10-16-2)17-12-6-4-11(14)5-7-12/h4-7,13,15H,3,8-10H2,1-2H3. The molecule has 3 nitrogen and oxygen atoms in total. The molecule has 0 bridgehead atoms. The second-order valence-electron chi connectivity index (χ2n) is 3.85. The lowest BCUT2D eigenvalue weighted by atomic mass is 10.3. The van der Waals surface area contributed by atoms with Crippen LogP contribution in [0.3, 0.4) is 0 Å². The summed E-state index contributed by atoms with van der Waals surface area (Å²) in [5.41, 5.74) is 0. The van der Waals surface area contributed by atoms with Gasteiger partial charge >= 0.3 is 0 Å². The molecule has 0 saturated heterocycles. The number of methoxy groups -OCH3 is 1. The maximum atomic E-state index is 5.82. The van der Waals surface area contributed by atoms with E-state index in [0.717, 1.165) is 25.3 Å². The molecule has 0 spiro atoms. The van der Waals surface area contributed by atoms with Gasteiger partial charge in [-0.3, -0.25) is 0 Å². The summed E-state index contributed by atoms with van der Waals surface area (Å²) < 4.78 is 10.9. The molecule has 1 aromatic carbocycles. The highest BCUT2D eigenvalue weighted by molar-refractivity contribution is 6.30. The van der Waals surface area contributed by atoms with Crippen LogP contribution in [0, 0.1) is 0 Å². The third kappa shape index (κ3) is 5.91. The van der Waals surface area contributed by atoms with Crippen LogP contribution >= 0.6 is 11.6 Å². The van der Waals surface area contributed by atoms with Crippen molar-refractivity contribution in [2.24, 2.45) is 0 Å². The highest BCUT2D eigenvalue weighted by Gasteiger charge is 2.09. The molecular weight excluding hydrogens is 238 g/mol. The van der Waals surface area contributed by atoms with Gasteiger partial charge < -0.3 is 14.8 Å². The molecule has 96 valence electrons. The Hall–Kier alpha value is -0.770. The molecule has 0 amide bonds. The van der Waals surface area contributed by atoms with Crippen LogP contribution < -0.4 is 10.1 Å². The number of hydrogen-bond acceptors (Lipinski definition) is 3. The largest absolute Gasteiger partial charge is 0.487 e. The number of halogens is 1. The lowest BCUT2D eigenvalue weighted by molar-refractivity contribution is 0.0807. The molecule has 17 heavy (non-hydrogen) atoms. The zero-order chi connectivity index (χ0) is 12.5. The van der Waals surface area contributed by atoms with Crippen LogP contribution in [-0.4, -0.2) is 32.9 Å². The van der Waals surface area contributed by atoms with Crippen molar-refractivity contribution >= 4 is 11.6 Å². The summed E-state index contributed by atoms with van der Waals surface area (Å²) >= 11 is 5.82. The average molecular weight is 258 g/mol. The maximum absolute atomic E-state index is 5.82. The van der Waals surface area contributed by atoms with E-state index in [-0.39, 0.29) is 6.10 Å². The van der Waals surface area contributed by atoms with Gasteiger partial charge in [0.2, 0.25) is 0 Å². The molecule has 0 saturated carbocycles. The average Bonchev–Trinajstić information content (AvgIpc) is 2.32. The van der Waals surface area contributed by atoms with Crippen LogP contribution in [0.5, 0.6) is 5.75 Å². The van der Waals surface area contributed by atoms with Crippen LogP contribution in [-0.2, 0) is 4.74 Å². The summed E-state index contributed by atoms with van der Waals surface area (Å²) in [4.78, 5) is 0. The topological polar surface area (TPSA) is 30.5 Å². The normalized spacial score (nSPS) is 12.4. The van der Waals surface area contributed by atoms with Crippen molar-refractivity contribution in [2.75, 3.05) is 26.8 Å². The van der Waals surface area contributed by atoms with E-state index in [9.17, 15) is 0 Å². The highest BCUT2D eigenvalue weighted by Crippen LogP contribution is 2.16. The van der Waals surface area contributed by atoms with Crippen molar-refractivity contribution in [3.8, 4) is 5.75 Å². The van der Waals surface area contributed by atoms with Crippen molar-refractivity contribution in [3.63, 3.8) is 0 Å². The lowest BCUT2D eigenvalue weighted by Gasteiger charge is -2.19. The maximum Gasteiger partial charge on any atom is 0.134 e. The van der Waals surface area contributed by atoms with Gasteiger partial charge in [-0.25, -0.2) is 0 Å². The fourth-order valence-corrected chi connectivity index (χ4v) is 1.59. The Bertz CT molecular complexity index is 303. The summed E-state index contributed by atoms with van der Waals surface area (Å²) in [6, 6.07) is 7.37. The predicted molar refractivity (Wildman–Crippen MR) is 70.9 cm³/mol. The van der Waals surface area contributed by atoms with Crippen LogP contribution in [0.1, 0.15) is 13.3 Å². The fraction of sp³-hybridized carbons (Fsp3) is 0.538. The molecule has 1 aromatic rings. The molecule has 0 aliphatic rings. The van der Waals surface area contributed by atoms with E-state index in [1.165, 1.54) is 0 Å². The Morgan fingerprint density at radius 2 is 2.00 bits per heavy atom. The van der Waals surface area contributed by atoms with Crippen LogP contribution in [0.2, 0.25) is 5.02 Å². The smallest absolute Gasteiger partial charge is 0.134 e. The third-order valence-corrected chi connectivity index (χ3v) is 2.52. The van der Waals surface area contributed by atoms with Gasteiger partial charge in [-0.15, -0.1) is 0 Å². The van der Waals surface area contributed by atoms with Crippen molar-refractivity contribution in [3.05, 3.63) is 29.3 Å².